The molecule has 2 aliphatic heterocycles. The van der Waals surface area contributed by atoms with Crippen LogP contribution in [0.5, 0.6) is 0 Å². The molecule has 0 saturated carbocycles. The van der Waals surface area contributed by atoms with Gasteiger partial charge in [0, 0.05) is 24.2 Å². The number of nitrogens with one attached hydrogen (secondary N) is 4. The minimum atomic E-state index is -0.697. The zero-order valence-electron chi connectivity index (χ0n) is 35.1. The fraction of sp³-hybridized carbons (Fsp3) is 0.435. The number of hydrogen-bond donors (Lipinski definition) is 4. The molecule has 4 heterocycles. The summed E-state index contributed by atoms with van der Waals surface area (Å²) >= 11 is 0. The van der Waals surface area contributed by atoms with Crippen LogP contribution in [0.25, 0.3) is 45.8 Å². The van der Waals surface area contributed by atoms with E-state index in [0.29, 0.717) is 13.1 Å². The number of nitrogens with zero attached hydrogens (tertiary/aromatic N) is 4. The lowest BCUT2D eigenvalue weighted by molar-refractivity contribution is -0.136. The number of fused-ring (bicyclic) bond motifs is 2. The number of benzene rings is 2. The molecule has 4 N–H and O–H groups in total. The highest BCUT2D eigenvalue weighted by Crippen LogP contribution is 2.44. The SMILES string of the molecule is COC(=O)N[C@H](C(=O)N1CCC[C@H]1c1ncc(-c2ccc(-c3ccc(-c4cnc([C@@H]5CCCN5C(=O)[C@@H](NC(=O)OC)C(C)C)[nH]4)c4c3C=CC4)c3c2C=CC3)[nH]1)C(C)C. The lowest BCUT2D eigenvalue weighted by atomic mass is 9.87. The minimum absolute atomic E-state index is 0.111. The third-order valence-corrected chi connectivity index (χ3v) is 12.5. The lowest BCUT2D eigenvalue weighted by Gasteiger charge is -2.30. The van der Waals surface area contributed by atoms with Gasteiger partial charge in [-0.3, -0.25) is 9.59 Å². The summed E-state index contributed by atoms with van der Waals surface area (Å²) in [5.74, 6) is 0.981. The molecule has 2 aromatic heterocycles. The number of allylic oxidation sites excluding steroid dienone is 2. The van der Waals surface area contributed by atoms with E-state index in [1.54, 1.807) is 0 Å². The number of carbonyl (C=O) groups excluding carboxylic acids is 4. The summed E-state index contributed by atoms with van der Waals surface area (Å²) in [5, 5.41) is 5.45. The van der Waals surface area contributed by atoms with Crippen molar-refractivity contribution in [3.8, 4) is 33.6 Å². The van der Waals surface area contributed by atoms with E-state index >= 15 is 0 Å². The summed E-state index contributed by atoms with van der Waals surface area (Å²) in [6, 6.07) is 6.91. The van der Waals surface area contributed by atoms with E-state index in [2.05, 4.69) is 69.2 Å². The summed E-state index contributed by atoms with van der Waals surface area (Å²) in [5.41, 5.74) is 11.1. The number of alkyl carbamates (subject to hydrolysis) is 2. The van der Waals surface area contributed by atoms with Crippen molar-refractivity contribution in [2.45, 2.75) is 90.4 Å². The molecule has 60 heavy (non-hydrogen) atoms. The number of aromatic nitrogens is 4. The highest BCUT2D eigenvalue weighted by molar-refractivity contribution is 5.91. The van der Waals surface area contributed by atoms with E-state index in [-0.39, 0.29) is 35.7 Å². The molecule has 2 aliphatic carbocycles. The summed E-state index contributed by atoms with van der Waals surface area (Å²) in [6.45, 7) is 8.83. The van der Waals surface area contributed by atoms with Crippen LogP contribution in [0.4, 0.5) is 9.59 Å². The molecule has 0 spiro atoms. The number of imidazole rings is 2. The second kappa shape index (κ2) is 16.8. The van der Waals surface area contributed by atoms with Crippen molar-refractivity contribution >= 4 is 36.2 Å². The van der Waals surface area contributed by atoms with Crippen molar-refractivity contribution < 1.29 is 28.7 Å². The Morgan fingerprint density at radius 3 is 1.58 bits per heavy atom. The predicted octanol–water partition coefficient (Wildman–Crippen LogP) is 7.36. The van der Waals surface area contributed by atoms with E-state index in [1.807, 2.05) is 49.9 Å². The van der Waals surface area contributed by atoms with Crippen LogP contribution in [-0.2, 0) is 31.9 Å². The maximum Gasteiger partial charge on any atom is 0.407 e. The molecule has 2 saturated heterocycles. The van der Waals surface area contributed by atoms with Crippen LogP contribution in [0.15, 0.2) is 48.8 Å². The molecule has 0 radical (unpaired) electrons. The van der Waals surface area contributed by atoms with Gasteiger partial charge in [0.2, 0.25) is 11.8 Å². The standard InChI is InChI=1S/C46H54N8O6/c1-25(2)39(51-45(57)59-5)43(55)53-21-9-15-37(53)41-47-23-35(49-41)33-19-17-31(27-11-7-13-29(27)33)32-18-20-34(30-14-8-12-28(30)32)36-24-48-42(50-36)38-16-10-22-54(38)44(56)40(26(3)4)52-46(58)60-6/h7-8,11,14,17-20,23-26,37-40H,9-10,12-13,15-16,21-22H2,1-6H3,(H,47,49)(H,48,50)(H,51,57)(H,52,58)/t37-,38-,39-,40-/m0/s1. The molecule has 8 rings (SSSR count). The molecule has 14 heteroatoms. The van der Waals surface area contributed by atoms with Gasteiger partial charge in [-0.1, -0.05) is 76.3 Å². The highest BCUT2D eigenvalue weighted by Gasteiger charge is 2.39. The van der Waals surface area contributed by atoms with Crippen LogP contribution in [0.1, 0.15) is 99.4 Å². The molecule has 4 atom stereocenters. The van der Waals surface area contributed by atoms with Gasteiger partial charge in [-0.15, -0.1) is 0 Å². The Labute approximate surface area is 350 Å². The number of ether oxygens (including phenoxy) is 2. The van der Waals surface area contributed by atoms with Gasteiger partial charge in [0.25, 0.3) is 0 Å². The Kier molecular flexibility index (Phi) is 11.4. The van der Waals surface area contributed by atoms with Crippen LogP contribution in [0.2, 0.25) is 0 Å². The maximum absolute atomic E-state index is 13.7. The van der Waals surface area contributed by atoms with Gasteiger partial charge >= 0.3 is 12.2 Å². The topological polar surface area (TPSA) is 175 Å². The van der Waals surface area contributed by atoms with Crippen LogP contribution in [0, 0.1) is 11.8 Å². The number of hydrogen-bond acceptors (Lipinski definition) is 8. The summed E-state index contributed by atoms with van der Waals surface area (Å²) in [7, 11) is 2.60. The number of aromatic amines is 2. The minimum Gasteiger partial charge on any atom is -0.453 e. The first-order valence-corrected chi connectivity index (χ1v) is 21.0. The monoisotopic (exact) mass is 814 g/mol. The van der Waals surface area contributed by atoms with Crippen molar-refractivity contribution in [2.24, 2.45) is 11.8 Å². The predicted molar refractivity (Wildman–Crippen MR) is 228 cm³/mol. The Morgan fingerprint density at radius 1 is 0.650 bits per heavy atom. The largest absolute Gasteiger partial charge is 0.453 e. The number of amides is 4. The van der Waals surface area contributed by atoms with Crippen molar-refractivity contribution in [3.05, 3.63) is 82.7 Å². The van der Waals surface area contributed by atoms with Gasteiger partial charge in [-0.05, 0) is 83.7 Å². The zero-order valence-corrected chi connectivity index (χ0v) is 35.1. The van der Waals surface area contributed by atoms with Crippen molar-refractivity contribution in [1.82, 2.24) is 40.4 Å². The summed E-state index contributed by atoms with van der Waals surface area (Å²) in [4.78, 5) is 72.0. The first-order chi connectivity index (χ1) is 29.0. The van der Waals surface area contributed by atoms with E-state index in [0.717, 1.165) is 78.3 Å². The van der Waals surface area contributed by atoms with E-state index in [4.69, 9.17) is 19.4 Å². The fourth-order valence-corrected chi connectivity index (χ4v) is 9.39. The van der Waals surface area contributed by atoms with E-state index in [1.165, 1.54) is 42.0 Å². The normalized spacial score (nSPS) is 18.9. The maximum atomic E-state index is 13.7. The molecule has 0 bridgehead atoms. The molecule has 4 amide bonds. The first-order valence-electron chi connectivity index (χ1n) is 21.0. The van der Waals surface area contributed by atoms with Crippen LogP contribution in [0.3, 0.4) is 0 Å². The van der Waals surface area contributed by atoms with Gasteiger partial charge < -0.3 is 39.9 Å². The number of likely N-dealkylation sites (tertiary alicyclic amines) is 2. The Morgan fingerprint density at radius 2 is 1.08 bits per heavy atom. The van der Waals surface area contributed by atoms with Crippen LogP contribution < -0.4 is 10.6 Å². The smallest absolute Gasteiger partial charge is 0.407 e. The van der Waals surface area contributed by atoms with E-state index in [9.17, 15) is 19.2 Å². The third-order valence-electron chi connectivity index (χ3n) is 12.5. The molecule has 14 nitrogen and oxygen atoms in total. The van der Waals surface area contributed by atoms with Crippen molar-refractivity contribution in [2.75, 3.05) is 27.3 Å². The quantitative estimate of drug-likeness (QED) is 0.122. The summed E-state index contributed by atoms with van der Waals surface area (Å²) < 4.78 is 9.60. The molecular weight excluding hydrogens is 761 g/mol. The Balaban J connectivity index is 1.04. The second-order valence-electron chi connectivity index (χ2n) is 16.8. The Hall–Kier alpha value is -6.18. The number of methoxy groups -OCH3 is 2. The van der Waals surface area contributed by atoms with Crippen LogP contribution in [-0.4, -0.2) is 93.1 Å². The second-order valence-corrected chi connectivity index (χ2v) is 16.8. The van der Waals surface area contributed by atoms with Crippen molar-refractivity contribution in [1.29, 1.82) is 0 Å². The van der Waals surface area contributed by atoms with E-state index < -0.39 is 24.3 Å². The lowest BCUT2D eigenvalue weighted by Crippen LogP contribution is -2.51. The number of rotatable bonds is 11. The molecule has 314 valence electrons. The summed E-state index contributed by atoms with van der Waals surface area (Å²) in [6.07, 6.45) is 16.2. The molecule has 2 fully saturated rings. The number of H-pyrrole nitrogens is 2. The molecule has 4 aromatic rings. The highest BCUT2D eigenvalue weighted by atomic mass is 16.5. The Bertz CT molecular complexity index is 2370. The van der Waals surface area contributed by atoms with Gasteiger partial charge in [0.1, 0.15) is 23.7 Å². The van der Waals surface area contributed by atoms with Gasteiger partial charge in [0.15, 0.2) is 0 Å². The van der Waals surface area contributed by atoms with Gasteiger partial charge in [-0.2, -0.15) is 0 Å². The first kappa shape index (κ1) is 40.6. The fourth-order valence-electron chi connectivity index (χ4n) is 9.39. The van der Waals surface area contributed by atoms with Crippen LogP contribution >= 0.6 is 0 Å². The molecule has 0 unspecified atom stereocenters. The van der Waals surface area contributed by atoms with Gasteiger partial charge in [-0.25, -0.2) is 19.6 Å². The third kappa shape index (κ3) is 7.47. The molecule has 4 aliphatic rings. The van der Waals surface area contributed by atoms with Crippen molar-refractivity contribution in [3.63, 3.8) is 0 Å². The molecular formula is C46H54N8O6. The average Bonchev–Trinajstić information content (AvgIpc) is 4.10. The average molecular weight is 815 g/mol. The number of carbonyl (C=O) groups is 4. The zero-order chi connectivity index (χ0) is 42.2. The van der Waals surface area contributed by atoms with Gasteiger partial charge in [0.05, 0.1) is 50.1 Å². The molecule has 2 aromatic carbocycles.